The minimum Gasteiger partial charge on any atom is -0.322 e. The number of hydrogen-bond donors (Lipinski definition) is 1. The second-order valence-electron chi connectivity index (χ2n) is 5.14. The summed E-state index contributed by atoms with van der Waals surface area (Å²) >= 11 is 0. The van der Waals surface area contributed by atoms with E-state index in [0.29, 0.717) is 11.3 Å². The Kier molecular flexibility index (Phi) is 4.13. The van der Waals surface area contributed by atoms with Gasteiger partial charge in [-0.1, -0.05) is 0 Å². The first-order chi connectivity index (χ1) is 11.4. The Balaban J connectivity index is 1.73. The van der Waals surface area contributed by atoms with Crippen molar-refractivity contribution in [3.63, 3.8) is 0 Å². The van der Waals surface area contributed by atoms with Crippen molar-refractivity contribution >= 4 is 21.4 Å². The molecule has 24 heavy (non-hydrogen) atoms. The first-order valence-corrected chi connectivity index (χ1v) is 8.89. The molecule has 8 heteroatoms. The maximum absolute atomic E-state index is 12.2. The van der Waals surface area contributed by atoms with Gasteiger partial charge < -0.3 is 5.32 Å². The standard InChI is InChI=1S/C16H14N4O3S/c1-24(22,23)15-8-2-12(3-9-15)16(21)19-13-4-6-14(7-5-13)20-11-17-10-18-20/h2-11H,1H3,(H,19,21). The number of anilines is 1. The molecule has 122 valence electrons. The van der Waals surface area contributed by atoms with Crippen molar-refractivity contribution in [2.24, 2.45) is 0 Å². The van der Waals surface area contributed by atoms with Crippen LogP contribution in [0.15, 0.2) is 66.1 Å². The van der Waals surface area contributed by atoms with E-state index in [-0.39, 0.29) is 10.8 Å². The van der Waals surface area contributed by atoms with Crippen LogP contribution in [0.5, 0.6) is 0 Å². The summed E-state index contributed by atoms with van der Waals surface area (Å²) in [5.74, 6) is -0.316. The van der Waals surface area contributed by atoms with E-state index in [0.717, 1.165) is 11.9 Å². The van der Waals surface area contributed by atoms with E-state index in [2.05, 4.69) is 15.4 Å². The minimum atomic E-state index is -3.28. The second kappa shape index (κ2) is 6.25. The highest BCUT2D eigenvalue weighted by Gasteiger charge is 2.10. The largest absolute Gasteiger partial charge is 0.322 e. The molecule has 2 aromatic carbocycles. The third kappa shape index (κ3) is 3.49. The molecule has 0 saturated heterocycles. The van der Waals surface area contributed by atoms with E-state index in [1.807, 2.05) is 0 Å². The second-order valence-corrected chi connectivity index (χ2v) is 7.15. The molecule has 0 bridgehead atoms. The van der Waals surface area contributed by atoms with Gasteiger partial charge in [0.15, 0.2) is 9.84 Å². The highest BCUT2D eigenvalue weighted by Crippen LogP contribution is 2.15. The summed E-state index contributed by atoms with van der Waals surface area (Å²) in [5.41, 5.74) is 1.82. The molecule has 3 rings (SSSR count). The van der Waals surface area contributed by atoms with Gasteiger partial charge >= 0.3 is 0 Å². The number of nitrogens with zero attached hydrogens (tertiary/aromatic N) is 3. The third-order valence-corrected chi connectivity index (χ3v) is 4.48. The summed E-state index contributed by atoms with van der Waals surface area (Å²) in [6, 6.07) is 12.9. The fourth-order valence-corrected chi connectivity index (χ4v) is 2.73. The van der Waals surface area contributed by atoms with E-state index >= 15 is 0 Å². The lowest BCUT2D eigenvalue weighted by molar-refractivity contribution is 0.102. The Morgan fingerprint density at radius 1 is 1.04 bits per heavy atom. The molecule has 1 N–H and O–H groups in total. The van der Waals surface area contributed by atoms with Gasteiger partial charge in [0.25, 0.3) is 5.91 Å². The van der Waals surface area contributed by atoms with Crippen molar-refractivity contribution in [2.45, 2.75) is 4.90 Å². The van der Waals surface area contributed by atoms with Crippen molar-refractivity contribution in [1.29, 1.82) is 0 Å². The molecule has 0 unspecified atom stereocenters. The Labute approximate surface area is 138 Å². The Hall–Kier alpha value is -3.00. The first kappa shape index (κ1) is 15.9. The summed E-state index contributed by atoms with van der Waals surface area (Å²) in [5, 5.41) is 6.78. The number of carbonyl (C=O) groups excluding carboxylic acids is 1. The van der Waals surface area contributed by atoms with Crippen molar-refractivity contribution < 1.29 is 13.2 Å². The molecule has 1 heterocycles. The molecule has 0 fully saturated rings. The predicted octanol–water partition coefficient (Wildman–Crippen LogP) is 1.92. The highest BCUT2D eigenvalue weighted by molar-refractivity contribution is 7.90. The van der Waals surface area contributed by atoms with Crippen molar-refractivity contribution in [2.75, 3.05) is 11.6 Å². The molecule has 7 nitrogen and oxygen atoms in total. The van der Waals surface area contributed by atoms with Gasteiger partial charge in [-0.15, -0.1) is 0 Å². The van der Waals surface area contributed by atoms with Crippen molar-refractivity contribution in [3.8, 4) is 5.69 Å². The minimum absolute atomic E-state index is 0.177. The Morgan fingerprint density at radius 3 is 2.25 bits per heavy atom. The van der Waals surface area contributed by atoms with E-state index in [1.54, 1.807) is 35.3 Å². The van der Waals surface area contributed by atoms with Crippen LogP contribution in [-0.4, -0.2) is 35.3 Å². The molecule has 0 spiro atoms. The van der Waals surface area contributed by atoms with Gasteiger partial charge in [0, 0.05) is 17.5 Å². The predicted molar refractivity (Wildman–Crippen MR) is 88.9 cm³/mol. The number of nitrogens with one attached hydrogen (secondary N) is 1. The van der Waals surface area contributed by atoms with Gasteiger partial charge in [-0.05, 0) is 48.5 Å². The summed E-state index contributed by atoms with van der Waals surface area (Å²) in [7, 11) is -3.28. The van der Waals surface area contributed by atoms with Crippen LogP contribution < -0.4 is 5.32 Å². The van der Waals surface area contributed by atoms with E-state index in [9.17, 15) is 13.2 Å². The maximum atomic E-state index is 12.2. The van der Waals surface area contributed by atoms with Gasteiger partial charge in [0.1, 0.15) is 12.7 Å². The molecule has 0 aliphatic heterocycles. The number of amides is 1. The zero-order valence-electron chi connectivity index (χ0n) is 12.7. The van der Waals surface area contributed by atoms with Gasteiger partial charge in [0.2, 0.25) is 0 Å². The zero-order valence-corrected chi connectivity index (χ0v) is 13.6. The first-order valence-electron chi connectivity index (χ1n) is 7.00. The smallest absolute Gasteiger partial charge is 0.255 e. The Bertz CT molecular complexity index is 948. The number of rotatable bonds is 4. The van der Waals surface area contributed by atoms with Crippen LogP contribution in [0, 0.1) is 0 Å². The highest BCUT2D eigenvalue weighted by atomic mass is 32.2. The van der Waals surface area contributed by atoms with Crippen LogP contribution in [0.25, 0.3) is 5.69 Å². The van der Waals surface area contributed by atoms with Crippen LogP contribution in [0.3, 0.4) is 0 Å². The molecule has 3 aromatic rings. The molecule has 0 atom stereocenters. The normalized spacial score (nSPS) is 11.2. The number of aromatic nitrogens is 3. The summed E-state index contributed by atoms with van der Waals surface area (Å²) in [6.07, 6.45) is 4.14. The lowest BCUT2D eigenvalue weighted by Crippen LogP contribution is -2.12. The topological polar surface area (TPSA) is 94.0 Å². The molecule has 0 aliphatic rings. The van der Waals surface area contributed by atoms with Crippen LogP contribution in [0.4, 0.5) is 5.69 Å². The molecule has 0 aliphatic carbocycles. The average molecular weight is 342 g/mol. The number of hydrogen-bond acceptors (Lipinski definition) is 5. The van der Waals surface area contributed by atoms with Crippen LogP contribution in [0.2, 0.25) is 0 Å². The molecule has 1 aromatic heterocycles. The molecule has 0 radical (unpaired) electrons. The van der Waals surface area contributed by atoms with Gasteiger partial charge in [-0.2, -0.15) is 5.10 Å². The SMILES string of the molecule is CS(=O)(=O)c1ccc(C(=O)Nc2ccc(-n3cncn3)cc2)cc1. The third-order valence-electron chi connectivity index (χ3n) is 3.35. The molecular formula is C16H14N4O3S. The number of sulfone groups is 1. The summed E-state index contributed by atoms with van der Waals surface area (Å²) in [4.78, 5) is 16.3. The van der Waals surface area contributed by atoms with Crippen molar-refractivity contribution in [1.82, 2.24) is 14.8 Å². The van der Waals surface area contributed by atoms with E-state index in [4.69, 9.17) is 0 Å². The summed E-state index contributed by atoms with van der Waals surface area (Å²) in [6.45, 7) is 0. The lowest BCUT2D eigenvalue weighted by atomic mass is 10.2. The van der Waals surface area contributed by atoms with E-state index < -0.39 is 9.84 Å². The van der Waals surface area contributed by atoms with E-state index in [1.165, 1.54) is 30.6 Å². The zero-order chi connectivity index (χ0) is 17.2. The van der Waals surface area contributed by atoms with Crippen molar-refractivity contribution in [3.05, 3.63) is 66.7 Å². The van der Waals surface area contributed by atoms with Gasteiger partial charge in [0.05, 0.1) is 10.6 Å². The summed E-state index contributed by atoms with van der Waals surface area (Å²) < 4.78 is 24.5. The van der Waals surface area contributed by atoms with Gasteiger partial charge in [-0.3, -0.25) is 4.79 Å². The number of benzene rings is 2. The lowest BCUT2D eigenvalue weighted by Gasteiger charge is -2.07. The van der Waals surface area contributed by atoms with Crippen LogP contribution in [-0.2, 0) is 9.84 Å². The average Bonchev–Trinajstić information content (AvgIpc) is 3.09. The fraction of sp³-hybridized carbons (Fsp3) is 0.0625. The fourth-order valence-electron chi connectivity index (χ4n) is 2.10. The quantitative estimate of drug-likeness (QED) is 0.782. The van der Waals surface area contributed by atoms with Crippen LogP contribution in [0.1, 0.15) is 10.4 Å². The number of carbonyl (C=O) groups is 1. The van der Waals surface area contributed by atoms with Gasteiger partial charge in [-0.25, -0.2) is 18.1 Å². The maximum Gasteiger partial charge on any atom is 0.255 e. The molecular weight excluding hydrogens is 328 g/mol. The van der Waals surface area contributed by atoms with Crippen LogP contribution >= 0.6 is 0 Å². The molecule has 0 saturated carbocycles. The Morgan fingerprint density at radius 2 is 1.71 bits per heavy atom. The molecule has 1 amide bonds. The monoisotopic (exact) mass is 342 g/mol.